The zero-order chi connectivity index (χ0) is 19.4. The number of aryl methyl sites for hydroxylation is 2. The number of piperidine rings is 1. The van der Waals surface area contributed by atoms with E-state index in [1.807, 2.05) is 62.4 Å². The van der Waals surface area contributed by atoms with Crippen LogP contribution in [0.15, 0.2) is 48.5 Å². The number of rotatable bonds is 5. The lowest BCUT2D eigenvalue weighted by atomic mass is 9.98. The molecule has 1 atom stereocenters. The number of nitrogens with zero attached hydrogens (tertiary/aromatic N) is 1. The Balaban J connectivity index is 1.68. The van der Waals surface area contributed by atoms with Gasteiger partial charge in [-0.25, -0.2) is 12.7 Å². The van der Waals surface area contributed by atoms with Gasteiger partial charge in [0.05, 0.1) is 11.7 Å². The van der Waals surface area contributed by atoms with Crippen LogP contribution >= 0.6 is 0 Å². The Morgan fingerprint density at radius 3 is 2.63 bits per heavy atom. The minimum atomic E-state index is -3.44. The molecule has 144 valence electrons. The molecule has 1 unspecified atom stereocenters. The molecule has 27 heavy (non-hydrogen) atoms. The number of benzene rings is 2. The van der Waals surface area contributed by atoms with Crippen LogP contribution < -0.4 is 5.32 Å². The Bertz CT molecular complexity index is 910. The van der Waals surface area contributed by atoms with Gasteiger partial charge in [0, 0.05) is 18.8 Å². The monoisotopic (exact) mass is 386 g/mol. The molecule has 0 radical (unpaired) electrons. The first-order valence-electron chi connectivity index (χ1n) is 9.25. The molecule has 0 bridgehead atoms. The summed E-state index contributed by atoms with van der Waals surface area (Å²) in [6.07, 6.45) is 1.40. The van der Waals surface area contributed by atoms with Crippen LogP contribution in [0.25, 0.3) is 0 Å². The van der Waals surface area contributed by atoms with Gasteiger partial charge in [-0.1, -0.05) is 42.5 Å². The largest absolute Gasteiger partial charge is 0.326 e. The summed E-state index contributed by atoms with van der Waals surface area (Å²) in [7, 11) is -3.44. The highest BCUT2D eigenvalue weighted by atomic mass is 32.2. The van der Waals surface area contributed by atoms with Crippen molar-refractivity contribution in [2.75, 3.05) is 18.4 Å². The molecule has 1 aliphatic heterocycles. The van der Waals surface area contributed by atoms with Crippen LogP contribution in [0.1, 0.15) is 29.5 Å². The van der Waals surface area contributed by atoms with Gasteiger partial charge in [-0.05, 0) is 49.4 Å². The lowest BCUT2D eigenvalue weighted by Crippen LogP contribution is -2.44. The van der Waals surface area contributed by atoms with E-state index in [0.29, 0.717) is 19.4 Å². The van der Waals surface area contributed by atoms with E-state index in [1.165, 1.54) is 4.31 Å². The van der Waals surface area contributed by atoms with Gasteiger partial charge in [0.2, 0.25) is 15.9 Å². The van der Waals surface area contributed by atoms with E-state index in [0.717, 1.165) is 22.4 Å². The number of sulfonamides is 1. The van der Waals surface area contributed by atoms with Gasteiger partial charge in [0.15, 0.2) is 0 Å². The minimum absolute atomic E-state index is 0.0286. The summed E-state index contributed by atoms with van der Waals surface area (Å²) in [4.78, 5) is 12.7. The predicted molar refractivity (Wildman–Crippen MR) is 108 cm³/mol. The predicted octanol–water partition coefficient (Wildman–Crippen LogP) is 3.48. The van der Waals surface area contributed by atoms with E-state index >= 15 is 0 Å². The second-order valence-corrected chi connectivity index (χ2v) is 9.22. The number of carbonyl (C=O) groups is 1. The fourth-order valence-electron chi connectivity index (χ4n) is 3.39. The molecule has 1 N–H and O–H groups in total. The fraction of sp³-hybridized carbons (Fsp3) is 0.381. The Hall–Kier alpha value is -2.18. The SMILES string of the molecule is Cc1ccc(C)c(NC(=O)C2CCCN(S(=O)(=O)Cc3ccccc3)C2)c1. The molecule has 5 nitrogen and oxygen atoms in total. The van der Waals surface area contributed by atoms with Crippen molar-refractivity contribution in [3.8, 4) is 0 Å². The summed E-state index contributed by atoms with van der Waals surface area (Å²) >= 11 is 0. The summed E-state index contributed by atoms with van der Waals surface area (Å²) in [6.45, 7) is 4.65. The maximum Gasteiger partial charge on any atom is 0.228 e. The smallest absolute Gasteiger partial charge is 0.228 e. The Morgan fingerprint density at radius 1 is 1.15 bits per heavy atom. The summed E-state index contributed by atoms with van der Waals surface area (Å²) in [6, 6.07) is 15.1. The summed E-state index contributed by atoms with van der Waals surface area (Å²) in [5, 5.41) is 2.98. The fourth-order valence-corrected chi connectivity index (χ4v) is 5.00. The quantitative estimate of drug-likeness (QED) is 0.855. The van der Waals surface area contributed by atoms with Crippen LogP contribution in [0.3, 0.4) is 0 Å². The Labute approximate surface area is 161 Å². The van der Waals surface area contributed by atoms with E-state index in [1.54, 1.807) is 0 Å². The number of hydrogen-bond acceptors (Lipinski definition) is 3. The van der Waals surface area contributed by atoms with Gasteiger partial charge in [-0.3, -0.25) is 4.79 Å². The number of carbonyl (C=O) groups excluding carboxylic acids is 1. The topological polar surface area (TPSA) is 66.5 Å². The van der Waals surface area contributed by atoms with E-state index in [-0.39, 0.29) is 24.1 Å². The van der Waals surface area contributed by atoms with Crippen molar-refractivity contribution >= 4 is 21.6 Å². The van der Waals surface area contributed by atoms with Crippen LogP contribution in [0, 0.1) is 19.8 Å². The Kier molecular flexibility index (Phi) is 5.97. The van der Waals surface area contributed by atoms with E-state index in [9.17, 15) is 13.2 Å². The van der Waals surface area contributed by atoms with Crippen molar-refractivity contribution < 1.29 is 13.2 Å². The van der Waals surface area contributed by atoms with Crippen LogP contribution in [0.4, 0.5) is 5.69 Å². The van der Waals surface area contributed by atoms with Crippen LogP contribution in [-0.4, -0.2) is 31.7 Å². The number of anilines is 1. The van der Waals surface area contributed by atoms with E-state index < -0.39 is 10.0 Å². The lowest BCUT2D eigenvalue weighted by molar-refractivity contribution is -0.120. The second-order valence-electron chi connectivity index (χ2n) is 7.25. The van der Waals surface area contributed by atoms with E-state index in [4.69, 9.17) is 0 Å². The number of amides is 1. The third kappa shape index (κ3) is 4.96. The molecule has 0 aromatic heterocycles. The highest BCUT2D eigenvalue weighted by Crippen LogP contribution is 2.24. The second kappa shape index (κ2) is 8.23. The third-order valence-corrected chi connectivity index (χ3v) is 6.81. The highest BCUT2D eigenvalue weighted by molar-refractivity contribution is 7.88. The van der Waals surface area contributed by atoms with Crippen molar-refractivity contribution in [1.82, 2.24) is 4.31 Å². The molecule has 6 heteroatoms. The van der Waals surface area contributed by atoms with Crippen molar-refractivity contribution in [2.45, 2.75) is 32.4 Å². The van der Waals surface area contributed by atoms with Crippen LogP contribution in [0.2, 0.25) is 0 Å². The molecule has 2 aromatic rings. The molecule has 1 heterocycles. The van der Waals surface area contributed by atoms with Crippen molar-refractivity contribution in [1.29, 1.82) is 0 Å². The molecule has 1 saturated heterocycles. The van der Waals surface area contributed by atoms with Gasteiger partial charge >= 0.3 is 0 Å². The molecular weight excluding hydrogens is 360 g/mol. The molecule has 3 rings (SSSR count). The standard InChI is InChI=1S/C21H26N2O3S/c1-16-10-11-17(2)20(13-16)22-21(24)19-9-6-12-23(14-19)27(25,26)15-18-7-4-3-5-8-18/h3-5,7-8,10-11,13,19H,6,9,12,14-15H2,1-2H3,(H,22,24). The molecular formula is C21H26N2O3S. The maximum atomic E-state index is 12.8. The lowest BCUT2D eigenvalue weighted by Gasteiger charge is -2.31. The first-order chi connectivity index (χ1) is 12.8. The summed E-state index contributed by atoms with van der Waals surface area (Å²) in [5.41, 5.74) is 3.63. The van der Waals surface area contributed by atoms with Crippen molar-refractivity contribution in [3.05, 3.63) is 65.2 Å². The Morgan fingerprint density at radius 2 is 1.89 bits per heavy atom. The zero-order valence-corrected chi connectivity index (χ0v) is 16.6. The normalized spacial score (nSPS) is 18.2. The molecule has 2 aromatic carbocycles. The van der Waals surface area contributed by atoms with Gasteiger partial charge in [-0.15, -0.1) is 0 Å². The molecule has 0 saturated carbocycles. The molecule has 0 spiro atoms. The van der Waals surface area contributed by atoms with E-state index in [2.05, 4.69) is 5.32 Å². The maximum absolute atomic E-state index is 12.8. The summed E-state index contributed by atoms with van der Waals surface area (Å²) in [5.74, 6) is -0.466. The van der Waals surface area contributed by atoms with Gasteiger partial charge in [0.25, 0.3) is 0 Å². The first kappa shape index (κ1) is 19.6. The number of hydrogen-bond donors (Lipinski definition) is 1. The average Bonchev–Trinajstić information content (AvgIpc) is 2.65. The molecule has 1 aliphatic rings. The van der Waals surface area contributed by atoms with Gasteiger partial charge in [0.1, 0.15) is 0 Å². The number of nitrogens with one attached hydrogen (secondary N) is 1. The molecule has 1 amide bonds. The minimum Gasteiger partial charge on any atom is -0.326 e. The van der Waals surface area contributed by atoms with Gasteiger partial charge < -0.3 is 5.32 Å². The zero-order valence-electron chi connectivity index (χ0n) is 15.8. The molecule has 1 fully saturated rings. The van der Waals surface area contributed by atoms with Crippen molar-refractivity contribution in [3.63, 3.8) is 0 Å². The average molecular weight is 387 g/mol. The van der Waals surface area contributed by atoms with Crippen molar-refractivity contribution in [2.24, 2.45) is 5.92 Å². The van der Waals surface area contributed by atoms with Crippen LogP contribution in [-0.2, 0) is 20.6 Å². The highest BCUT2D eigenvalue weighted by Gasteiger charge is 2.32. The third-order valence-electron chi connectivity index (χ3n) is 4.99. The summed E-state index contributed by atoms with van der Waals surface area (Å²) < 4.78 is 27.0. The first-order valence-corrected chi connectivity index (χ1v) is 10.9. The van der Waals surface area contributed by atoms with Crippen LogP contribution in [0.5, 0.6) is 0 Å². The molecule has 0 aliphatic carbocycles. The van der Waals surface area contributed by atoms with Gasteiger partial charge in [-0.2, -0.15) is 0 Å².